The highest BCUT2D eigenvalue weighted by atomic mass is 19.1. The van der Waals surface area contributed by atoms with Crippen molar-refractivity contribution in [2.24, 2.45) is 5.92 Å². The van der Waals surface area contributed by atoms with Crippen LogP contribution >= 0.6 is 0 Å². The normalized spacial score (nSPS) is 21.1. The molecule has 4 heteroatoms. The van der Waals surface area contributed by atoms with Gasteiger partial charge in [0, 0.05) is 25.9 Å². The first kappa shape index (κ1) is 27.3. The molecule has 0 aliphatic heterocycles. The predicted octanol–water partition coefficient (Wildman–Crippen LogP) is 7.27. The maximum absolute atomic E-state index is 14.1. The zero-order valence-electron chi connectivity index (χ0n) is 22.9. The fraction of sp³-hybridized carbons (Fsp3) is 0.314. The molecule has 1 aliphatic rings. The molecule has 4 aromatic rings. The first-order valence-corrected chi connectivity index (χ1v) is 13.7. The molecule has 0 heterocycles. The molecule has 1 aliphatic carbocycles. The molecule has 0 saturated carbocycles. The Hall–Kier alpha value is -3.31. The van der Waals surface area contributed by atoms with E-state index in [1.807, 2.05) is 60.7 Å². The number of aliphatic hydroxyl groups is 1. The molecule has 0 amide bonds. The minimum absolute atomic E-state index is 0.120. The van der Waals surface area contributed by atoms with Crippen LogP contribution in [0.5, 0.6) is 0 Å². The van der Waals surface area contributed by atoms with E-state index < -0.39 is 17.3 Å². The monoisotopic (exact) mass is 524 g/mol. The van der Waals surface area contributed by atoms with Crippen molar-refractivity contribution in [2.45, 2.75) is 49.9 Å². The predicted molar refractivity (Wildman–Crippen MR) is 153 cm³/mol. The third kappa shape index (κ3) is 4.93. The lowest BCUT2D eigenvalue weighted by Crippen LogP contribution is -2.55. The van der Waals surface area contributed by atoms with Gasteiger partial charge in [0.1, 0.15) is 17.0 Å². The van der Waals surface area contributed by atoms with Crippen molar-refractivity contribution in [3.05, 3.63) is 143 Å². The SMILES string of the molecule is CO[C@]1(CCOC(c2ccccc2)(c2ccccc2)c2ccccc2)C(O)Cc2cc(F)ccc2[C@@H]1C(C)C. The Labute approximate surface area is 231 Å². The number of benzene rings is 4. The molecule has 5 rings (SSSR count). The van der Waals surface area contributed by atoms with E-state index in [9.17, 15) is 9.50 Å². The molecule has 3 nitrogen and oxygen atoms in total. The van der Waals surface area contributed by atoms with E-state index >= 15 is 0 Å². The van der Waals surface area contributed by atoms with E-state index in [-0.39, 0.29) is 17.7 Å². The minimum Gasteiger partial charge on any atom is -0.390 e. The summed E-state index contributed by atoms with van der Waals surface area (Å²) in [6.07, 6.45) is 0.0107. The number of hydrogen-bond acceptors (Lipinski definition) is 3. The van der Waals surface area contributed by atoms with Gasteiger partial charge in [0.15, 0.2) is 0 Å². The molecule has 0 radical (unpaired) electrons. The van der Waals surface area contributed by atoms with Gasteiger partial charge in [-0.1, -0.05) is 111 Å². The van der Waals surface area contributed by atoms with Crippen molar-refractivity contribution in [1.82, 2.24) is 0 Å². The van der Waals surface area contributed by atoms with Crippen molar-refractivity contribution in [3.63, 3.8) is 0 Å². The standard InChI is InChI=1S/C35H37FO3/c1-25(2)33-31-20-19-30(36)23-26(31)24-32(37)34(33,38-3)21-22-39-35(27-13-7-4-8-14-27,28-15-9-5-10-16-28)29-17-11-6-12-18-29/h4-20,23,25,32-33,37H,21-22,24H2,1-3H3/t32?,33-,34+/m0/s1. The lowest BCUT2D eigenvalue weighted by atomic mass is 9.64. The van der Waals surface area contributed by atoms with E-state index in [1.165, 1.54) is 6.07 Å². The smallest absolute Gasteiger partial charge is 0.143 e. The van der Waals surface area contributed by atoms with Crippen LogP contribution in [0.2, 0.25) is 0 Å². The molecule has 0 fully saturated rings. The Morgan fingerprint density at radius 1 is 0.846 bits per heavy atom. The van der Waals surface area contributed by atoms with Gasteiger partial charge in [-0.25, -0.2) is 4.39 Å². The number of methoxy groups -OCH3 is 1. The lowest BCUT2D eigenvalue weighted by Gasteiger charge is -2.49. The quantitative estimate of drug-likeness (QED) is 0.234. The van der Waals surface area contributed by atoms with Crippen molar-refractivity contribution >= 4 is 0 Å². The number of halogens is 1. The Morgan fingerprint density at radius 3 is 1.82 bits per heavy atom. The van der Waals surface area contributed by atoms with Crippen molar-refractivity contribution in [3.8, 4) is 0 Å². The largest absolute Gasteiger partial charge is 0.390 e. The van der Waals surface area contributed by atoms with Crippen LogP contribution in [0.4, 0.5) is 4.39 Å². The zero-order valence-corrected chi connectivity index (χ0v) is 22.9. The molecule has 0 bridgehead atoms. The molecular formula is C35H37FO3. The Morgan fingerprint density at radius 2 is 1.36 bits per heavy atom. The summed E-state index contributed by atoms with van der Waals surface area (Å²) in [5, 5.41) is 11.6. The highest BCUT2D eigenvalue weighted by Crippen LogP contribution is 2.49. The number of aliphatic hydroxyl groups excluding tert-OH is 1. The van der Waals surface area contributed by atoms with Crippen LogP contribution in [0.15, 0.2) is 109 Å². The van der Waals surface area contributed by atoms with E-state index in [4.69, 9.17) is 9.47 Å². The van der Waals surface area contributed by atoms with Crippen LogP contribution in [0.25, 0.3) is 0 Å². The molecule has 202 valence electrons. The highest BCUT2D eigenvalue weighted by Gasteiger charge is 2.51. The molecule has 0 saturated heterocycles. The number of rotatable bonds is 9. The van der Waals surface area contributed by atoms with Crippen molar-refractivity contribution in [2.75, 3.05) is 13.7 Å². The minimum atomic E-state index is -0.880. The number of ether oxygens (including phenoxy) is 2. The molecule has 0 aromatic heterocycles. The van der Waals surface area contributed by atoms with Gasteiger partial charge in [-0.2, -0.15) is 0 Å². The lowest BCUT2D eigenvalue weighted by molar-refractivity contribution is -0.151. The summed E-state index contributed by atoms with van der Waals surface area (Å²) in [6.45, 7) is 4.60. The van der Waals surface area contributed by atoms with E-state index in [2.05, 4.69) is 50.2 Å². The van der Waals surface area contributed by atoms with Gasteiger partial charge in [-0.05, 0) is 45.9 Å². The summed E-state index contributed by atoms with van der Waals surface area (Å²) in [7, 11) is 1.67. The van der Waals surface area contributed by atoms with Crippen LogP contribution < -0.4 is 0 Å². The average molecular weight is 525 g/mol. The first-order valence-electron chi connectivity index (χ1n) is 13.7. The Balaban J connectivity index is 1.57. The van der Waals surface area contributed by atoms with Crippen LogP contribution in [0.1, 0.15) is 54.0 Å². The van der Waals surface area contributed by atoms with Gasteiger partial charge in [0.05, 0.1) is 12.7 Å². The molecule has 3 atom stereocenters. The summed E-state index contributed by atoms with van der Waals surface area (Å²) >= 11 is 0. The molecule has 39 heavy (non-hydrogen) atoms. The molecular weight excluding hydrogens is 487 g/mol. The third-order valence-corrected chi connectivity index (χ3v) is 8.34. The second kappa shape index (κ2) is 11.4. The average Bonchev–Trinajstić information content (AvgIpc) is 2.96. The summed E-state index contributed by atoms with van der Waals surface area (Å²) in [4.78, 5) is 0. The highest BCUT2D eigenvalue weighted by molar-refractivity contribution is 5.47. The van der Waals surface area contributed by atoms with Crippen LogP contribution in [-0.2, 0) is 21.5 Å². The Kier molecular flexibility index (Phi) is 7.99. The van der Waals surface area contributed by atoms with Gasteiger partial charge in [0.2, 0.25) is 0 Å². The fourth-order valence-corrected chi connectivity index (χ4v) is 6.65. The Bertz CT molecular complexity index is 1260. The van der Waals surface area contributed by atoms with Crippen LogP contribution in [0, 0.1) is 11.7 Å². The van der Waals surface area contributed by atoms with Crippen molar-refractivity contribution in [1.29, 1.82) is 0 Å². The van der Waals surface area contributed by atoms with Gasteiger partial charge >= 0.3 is 0 Å². The summed E-state index contributed by atoms with van der Waals surface area (Å²) < 4.78 is 27.4. The van der Waals surface area contributed by atoms with E-state index in [0.717, 1.165) is 27.8 Å². The third-order valence-electron chi connectivity index (χ3n) is 8.34. The second-order valence-electron chi connectivity index (χ2n) is 10.8. The maximum atomic E-state index is 14.1. The number of fused-ring (bicyclic) bond motifs is 1. The second-order valence-corrected chi connectivity index (χ2v) is 10.8. The van der Waals surface area contributed by atoms with Crippen molar-refractivity contribution < 1.29 is 19.0 Å². The van der Waals surface area contributed by atoms with Crippen LogP contribution in [-0.4, -0.2) is 30.5 Å². The zero-order chi connectivity index (χ0) is 27.5. The van der Waals surface area contributed by atoms with Crippen LogP contribution in [0.3, 0.4) is 0 Å². The van der Waals surface area contributed by atoms with E-state index in [0.29, 0.717) is 19.4 Å². The van der Waals surface area contributed by atoms with Gasteiger partial charge in [-0.3, -0.25) is 0 Å². The first-order chi connectivity index (χ1) is 18.9. The summed E-state index contributed by atoms with van der Waals surface area (Å²) in [5.74, 6) is -0.244. The van der Waals surface area contributed by atoms with Gasteiger partial charge < -0.3 is 14.6 Å². The molecule has 0 spiro atoms. The molecule has 1 N–H and O–H groups in total. The van der Waals surface area contributed by atoms with Gasteiger partial charge in [-0.15, -0.1) is 0 Å². The molecule has 1 unspecified atom stereocenters. The fourth-order valence-electron chi connectivity index (χ4n) is 6.65. The number of hydrogen-bond donors (Lipinski definition) is 1. The van der Waals surface area contributed by atoms with Gasteiger partial charge in [0.25, 0.3) is 0 Å². The van der Waals surface area contributed by atoms with E-state index in [1.54, 1.807) is 13.2 Å². The maximum Gasteiger partial charge on any atom is 0.143 e. The topological polar surface area (TPSA) is 38.7 Å². The summed E-state index contributed by atoms with van der Waals surface area (Å²) in [6, 6.07) is 35.8. The summed E-state index contributed by atoms with van der Waals surface area (Å²) in [5.41, 5.74) is 3.24. The molecule has 4 aromatic carbocycles.